The van der Waals surface area contributed by atoms with Crippen molar-refractivity contribution in [1.82, 2.24) is 5.32 Å². The van der Waals surface area contributed by atoms with E-state index in [4.69, 9.17) is 4.74 Å². The van der Waals surface area contributed by atoms with Crippen LogP contribution >= 0.6 is 11.8 Å². The largest absolute Gasteiger partial charge is 0.463 e. The second-order valence-corrected chi connectivity index (χ2v) is 7.42. The predicted octanol–water partition coefficient (Wildman–Crippen LogP) is 4.29. The highest BCUT2D eigenvalue weighted by atomic mass is 32.2. The van der Waals surface area contributed by atoms with Crippen LogP contribution < -0.4 is 5.32 Å². The minimum atomic E-state index is -0.395. The summed E-state index contributed by atoms with van der Waals surface area (Å²) in [5.41, 5.74) is 2.08. The van der Waals surface area contributed by atoms with Gasteiger partial charge in [-0.05, 0) is 38.5 Å². The predicted molar refractivity (Wildman–Crippen MR) is 105 cm³/mol. The number of rotatable bonds is 8. The van der Waals surface area contributed by atoms with E-state index >= 15 is 0 Å². The molecule has 1 N–H and O–H groups in total. The average molecular weight is 372 g/mol. The van der Waals surface area contributed by atoms with Crippen molar-refractivity contribution in [2.75, 3.05) is 5.75 Å². The van der Waals surface area contributed by atoms with Gasteiger partial charge in [0.25, 0.3) is 0 Å². The molecule has 0 heterocycles. The maximum absolute atomic E-state index is 12.4. The summed E-state index contributed by atoms with van der Waals surface area (Å²) in [5.74, 6) is -0.131. The number of amides is 1. The summed E-state index contributed by atoms with van der Waals surface area (Å²) in [6.45, 7) is 5.65. The van der Waals surface area contributed by atoms with E-state index in [0.717, 1.165) is 10.5 Å². The molecule has 2 aromatic carbocycles. The van der Waals surface area contributed by atoms with Gasteiger partial charge in [-0.25, -0.2) is 0 Å². The molecule has 138 valence electrons. The van der Waals surface area contributed by atoms with Crippen LogP contribution in [0.15, 0.2) is 59.5 Å². The van der Waals surface area contributed by atoms with Crippen molar-refractivity contribution < 1.29 is 14.3 Å². The molecule has 1 amide bonds. The van der Waals surface area contributed by atoms with Crippen LogP contribution in [0.25, 0.3) is 0 Å². The Morgan fingerprint density at radius 1 is 1.04 bits per heavy atom. The fourth-order valence-electron chi connectivity index (χ4n) is 2.43. The van der Waals surface area contributed by atoms with E-state index in [1.165, 1.54) is 17.3 Å². The third-order valence-electron chi connectivity index (χ3n) is 3.67. The lowest BCUT2D eigenvalue weighted by Gasteiger charge is -2.19. The van der Waals surface area contributed by atoms with Gasteiger partial charge in [-0.1, -0.05) is 48.0 Å². The lowest BCUT2D eigenvalue weighted by Crippen LogP contribution is -2.32. The first-order valence-corrected chi connectivity index (χ1v) is 9.66. The van der Waals surface area contributed by atoms with Crippen molar-refractivity contribution >= 4 is 23.6 Å². The van der Waals surface area contributed by atoms with E-state index in [1.807, 2.05) is 75.4 Å². The maximum Gasteiger partial charge on any atom is 0.308 e. The Labute approximate surface area is 159 Å². The van der Waals surface area contributed by atoms with Crippen LogP contribution in [0, 0.1) is 6.92 Å². The second kappa shape index (κ2) is 10.0. The smallest absolute Gasteiger partial charge is 0.308 e. The normalized spacial score (nSPS) is 11.8. The quantitative estimate of drug-likeness (QED) is 0.556. The van der Waals surface area contributed by atoms with E-state index in [9.17, 15) is 9.59 Å². The molecule has 26 heavy (non-hydrogen) atoms. The molecular formula is C21H25NO3S. The standard InChI is InChI=1S/C21H25NO3S/c1-15(2)25-21(24)13-19(17-7-5-4-6-8-17)22-20(23)14-26-18-11-9-16(3)10-12-18/h4-12,15,19H,13-14H2,1-3H3,(H,22,23). The van der Waals surface area contributed by atoms with E-state index in [0.29, 0.717) is 5.75 Å². The zero-order valence-corrected chi connectivity index (χ0v) is 16.2. The molecule has 1 unspecified atom stereocenters. The van der Waals surface area contributed by atoms with Gasteiger partial charge in [-0.3, -0.25) is 9.59 Å². The molecule has 1 atom stereocenters. The molecular weight excluding hydrogens is 346 g/mol. The summed E-state index contributed by atoms with van der Waals surface area (Å²) in [7, 11) is 0. The topological polar surface area (TPSA) is 55.4 Å². The molecule has 0 spiro atoms. The first-order chi connectivity index (χ1) is 12.4. The van der Waals surface area contributed by atoms with Gasteiger partial charge in [-0.15, -0.1) is 11.8 Å². The molecule has 0 radical (unpaired) electrons. The van der Waals surface area contributed by atoms with Crippen LogP contribution in [0.4, 0.5) is 0 Å². The summed E-state index contributed by atoms with van der Waals surface area (Å²) in [6.07, 6.45) is -0.0601. The Kier molecular flexibility index (Phi) is 7.73. The van der Waals surface area contributed by atoms with Crippen molar-refractivity contribution in [3.63, 3.8) is 0 Å². The number of benzene rings is 2. The number of esters is 1. The van der Waals surface area contributed by atoms with Crippen molar-refractivity contribution in [2.45, 2.75) is 44.2 Å². The molecule has 4 nitrogen and oxygen atoms in total. The summed E-state index contributed by atoms with van der Waals surface area (Å²) in [4.78, 5) is 25.5. The fourth-order valence-corrected chi connectivity index (χ4v) is 3.14. The Hall–Kier alpha value is -2.27. The van der Waals surface area contributed by atoms with Crippen molar-refractivity contribution in [1.29, 1.82) is 0 Å². The van der Waals surface area contributed by atoms with Gasteiger partial charge in [0.05, 0.1) is 24.3 Å². The van der Waals surface area contributed by atoms with Gasteiger partial charge in [0, 0.05) is 4.90 Å². The van der Waals surface area contributed by atoms with E-state index < -0.39 is 6.04 Å². The summed E-state index contributed by atoms with van der Waals surface area (Å²) in [6, 6.07) is 17.2. The minimum absolute atomic E-state index is 0.109. The molecule has 0 aliphatic carbocycles. The van der Waals surface area contributed by atoms with Gasteiger partial charge < -0.3 is 10.1 Å². The molecule has 2 aromatic rings. The van der Waals surface area contributed by atoms with Gasteiger partial charge in [0.1, 0.15) is 0 Å². The Morgan fingerprint density at radius 2 is 1.69 bits per heavy atom. The van der Waals surface area contributed by atoms with Gasteiger partial charge in [0.2, 0.25) is 5.91 Å². The van der Waals surface area contributed by atoms with Crippen molar-refractivity contribution in [3.8, 4) is 0 Å². The number of ether oxygens (including phenoxy) is 1. The molecule has 0 saturated heterocycles. The molecule has 0 aliphatic heterocycles. The molecule has 0 aliphatic rings. The highest BCUT2D eigenvalue weighted by Gasteiger charge is 2.20. The van der Waals surface area contributed by atoms with Crippen LogP contribution in [0.5, 0.6) is 0 Å². The maximum atomic E-state index is 12.4. The number of carbonyl (C=O) groups is 2. The molecule has 0 bridgehead atoms. The lowest BCUT2D eigenvalue weighted by atomic mass is 10.0. The number of aryl methyl sites for hydroxylation is 1. The Morgan fingerprint density at radius 3 is 2.31 bits per heavy atom. The molecule has 0 aromatic heterocycles. The monoisotopic (exact) mass is 371 g/mol. The van der Waals surface area contributed by atoms with Crippen molar-refractivity contribution in [3.05, 3.63) is 65.7 Å². The number of thioether (sulfide) groups is 1. The fraction of sp³-hybridized carbons (Fsp3) is 0.333. The van der Waals surface area contributed by atoms with E-state index in [2.05, 4.69) is 5.32 Å². The zero-order chi connectivity index (χ0) is 18.9. The first-order valence-electron chi connectivity index (χ1n) is 8.67. The van der Waals surface area contributed by atoms with Crippen molar-refractivity contribution in [2.24, 2.45) is 0 Å². The lowest BCUT2D eigenvalue weighted by molar-refractivity contribution is -0.148. The summed E-state index contributed by atoms with van der Waals surface area (Å²) < 4.78 is 5.23. The first kappa shape index (κ1) is 20.0. The molecule has 2 rings (SSSR count). The van der Waals surface area contributed by atoms with E-state index in [-0.39, 0.29) is 24.4 Å². The van der Waals surface area contributed by atoms with Crippen LogP contribution in [0.1, 0.15) is 37.4 Å². The zero-order valence-electron chi connectivity index (χ0n) is 15.4. The third-order valence-corrected chi connectivity index (χ3v) is 4.68. The number of hydrogen-bond acceptors (Lipinski definition) is 4. The van der Waals surface area contributed by atoms with Crippen LogP contribution in [-0.4, -0.2) is 23.7 Å². The Bertz CT molecular complexity index is 714. The number of carbonyl (C=O) groups excluding carboxylic acids is 2. The van der Waals surface area contributed by atoms with Gasteiger partial charge in [-0.2, -0.15) is 0 Å². The summed E-state index contributed by atoms with van der Waals surface area (Å²) in [5, 5.41) is 2.96. The van der Waals surface area contributed by atoms with Crippen LogP contribution in [-0.2, 0) is 14.3 Å². The molecule has 0 fully saturated rings. The molecule has 0 saturated carbocycles. The highest BCUT2D eigenvalue weighted by Crippen LogP contribution is 2.21. The number of hydrogen-bond donors (Lipinski definition) is 1. The second-order valence-electron chi connectivity index (χ2n) is 6.38. The van der Waals surface area contributed by atoms with Gasteiger partial charge in [0.15, 0.2) is 0 Å². The van der Waals surface area contributed by atoms with Crippen LogP contribution in [0.3, 0.4) is 0 Å². The highest BCUT2D eigenvalue weighted by molar-refractivity contribution is 8.00. The van der Waals surface area contributed by atoms with Gasteiger partial charge >= 0.3 is 5.97 Å². The van der Waals surface area contributed by atoms with Crippen LogP contribution in [0.2, 0.25) is 0 Å². The summed E-state index contributed by atoms with van der Waals surface area (Å²) >= 11 is 1.48. The SMILES string of the molecule is Cc1ccc(SCC(=O)NC(CC(=O)OC(C)C)c2ccccc2)cc1. The average Bonchev–Trinajstić information content (AvgIpc) is 2.61. The van der Waals surface area contributed by atoms with E-state index in [1.54, 1.807) is 0 Å². The minimum Gasteiger partial charge on any atom is -0.463 e. The third kappa shape index (κ3) is 6.92. The molecule has 5 heteroatoms. The number of nitrogens with one attached hydrogen (secondary N) is 1. The Balaban J connectivity index is 1.97.